The van der Waals surface area contributed by atoms with Crippen molar-refractivity contribution in [2.45, 2.75) is 19.4 Å². The van der Waals surface area contributed by atoms with Gasteiger partial charge in [-0.05, 0) is 35.7 Å². The van der Waals surface area contributed by atoms with Gasteiger partial charge in [0.2, 0.25) is 5.91 Å². The first-order chi connectivity index (χ1) is 9.08. The van der Waals surface area contributed by atoms with Crippen molar-refractivity contribution in [1.29, 1.82) is 0 Å². The monoisotopic (exact) mass is 256 g/mol. The lowest BCUT2D eigenvalue weighted by atomic mass is 9.99. The van der Waals surface area contributed by atoms with E-state index in [0.717, 1.165) is 28.1 Å². The molecular formula is C15H16N2O2. The molecule has 2 N–H and O–H groups in total. The first kappa shape index (κ1) is 12.0. The number of aryl methyl sites for hydroxylation is 1. The van der Waals surface area contributed by atoms with Crippen LogP contribution in [0.2, 0.25) is 0 Å². The average Bonchev–Trinajstić information content (AvgIpc) is 2.93. The Kier molecular flexibility index (Phi) is 2.68. The summed E-state index contributed by atoms with van der Waals surface area (Å²) in [4.78, 5) is 13.4. The van der Waals surface area contributed by atoms with E-state index in [2.05, 4.69) is 0 Å². The lowest BCUT2D eigenvalue weighted by Gasteiger charge is -2.14. The predicted octanol–water partition coefficient (Wildman–Crippen LogP) is 2.16. The normalized spacial score (nSPS) is 15.7. The van der Waals surface area contributed by atoms with Crippen LogP contribution in [0.3, 0.4) is 0 Å². The van der Waals surface area contributed by atoms with Crippen LogP contribution < -0.4 is 10.6 Å². The van der Waals surface area contributed by atoms with E-state index in [-0.39, 0.29) is 11.9 Å². The van der Waals surface area contributed by atoms with Crippen molar-refractivity contribution in [2.24, 2.45) is 5.73 Å². The SMILES string of the molecule is Cc1ccoc1C(N)c1ccc2c(c1)CC(=O)N2C. The second kappa shape index (κ2) is 4.24. The van der Waals surface area contributed by atoms with Gasteiger partial charge >= 0.3 is 0 Å². The van der Waals surface area contributed by atoms with Crippen molar-refractivity contribution in [3.05, 3.63) is 53.0 Å². The molecule has 1 aromatic heterocycles. The second-order valence-corrected chi connectivity index (χ2v) is 4.96. The summed E-state index contributed by atoms with van der Waals surface area (Å²) in [7, 11) is 1.80. The first-order valence-electron chi connectivity index (χ1n) is 6.27. The van der Waals surface area contributed by atoms with Crippen molar-refractivity contribution < 1.29 is 9.21 Å². The number of nitrogens with zero attached hydrogens (tertiary/aromatic N) is 1. The van der Waals surface area contributed by atoms with Gasteiger partial charge in [0, 0.05) is 12.7 Å². The highest BCUT2D eigenvalue weighted by atomic mass is 16.3. The smallest absolute Gasteiger partial charge is 0.231 e. The lowest BCUT2D eigenvalue weighted by Crippen LogP contribution is -2.20. The second-order valence-electron chi connectivity index (χ2n) is 4.96. The van der Waals surface area contributed by atoms with Gasteiger partial charge in [-0.25, -0.2) is 0 Å². The van der Waals surface area contributed by atoms with Crippen LogP contribution in [-0.4, -0.2) is 13.0 Å². The number of hydrogen-bond donors (Lipinski definition) is 1. The van der Waals surface area contributed by atoms with Crippen LogP contribution in [0.15, 0.2) is 34.9 Å². The molecule has 0 fully saturated rings. The maximum absolute atomic E-state index is 11.7. The standard InChI is InChI=1S/C15H16N2O2/c1-9-5-6-19-15(9)14(16)10-3-4-12-11(7-10)8-13(18)17(12)2/h3-7,14H,8,16H2,1-2H3. The Morgan fingerprint density at radius 2 is 2.16 bits per heavy atom. The van der Waals surface area contributed by atoms with Crippen LogP contribution in [0.4, 0.5) is 5.69 Å². The Morgan fingerprint density at radius 1 is 1.37 bits per heavy atom. The van der Waals surface area contributed by atoms with E-state index in [4.69, 9.17) is 10.2 Å². The zero-order valence-corrected chi connectivity index (χ0v) is 11.0. The summed E-state index contributed by atoms with van der Waals surface area (Å²) in [6, 6.07) is 7.53. The molecular weight excluding hydrogens is 240 g/mol. The molecule has 0 saturated heterocycles. The van der Waals surface area contributed by atoms with E-state index in [9.17, 15) is 4.79 Å². The van der Waals surface area contributed by atoms with Gasteiger partial charge in [0.05, 0.1) is 18.7 Å². The van der Waals surface area contributed by atoms with Crippen LogP contribution in [0.1, 0.15) is 28.5 Å². The number of hydrogen-bond acceptors (Lipinski definition) is 3. The number of carbonyl (C=O) groups excluding carboxylic acids is 1. The highest BCUT2D eigenvalue weighted by Gasteiger charge is 2.25. The Morgan fingerprint density at radius 3 is 2.84 bits per heavy atom. The molecule has 1 aromatic carbocycles. The van der Waals surface area contributed by atoms with Crippen LogP contribution in [0.5, 0.6) is 0 Å². The maximum atomic E-state index is 11.7. The van der Waals surface area contributed by atoms with Crippen molar-refractivity contribution in [3.8, 4) is 0 Å². The molecule has 0 saturated carbocycles. The van der Waals surface area contributed by atoms with Crippen LogP contribution in [-0.2, 0) is 11.2 Å². The van der Waals surface area contributed by atoms with Crippen LogP contribution >= 0.6 is 0 Å². The molecule has 3 rings (SSSR count). The summed E-state index contributed by atoms with van der Waals surface area (Å²) < 4.78 is 5.44. The molecule has 98 valence electrons. The lowest BCUT2D eigenvalue weighted by molar-refractivity contribution is -0.117. The van der Waals surface area contributed by atoms with E-state index in [1.165, 1.54) is 0 Å². The third-order valence-electron chi connectivity index (χ3n) is 3.72. The zero-order chi connectivity index (χ0) is 13.6. The molecule has 0 aliphatic carbocycles. The number of carbonyl (C=O) groups is 1. The topological polar surface area (TPSA) is 59.5 Å². The predicted molar refractivity (Wildman–Crippen MR) is 73.0 cm³/mol. The van der Waals surface area contributed by atoms with E-state index < -0.39 is 0 Å². The molecule has 1 atom stereocenters. The molecule has 1 unspecified atom stereocenters. The number of rotatable bonds is 2. The van der Waals surface area contributed by atoms with Gasteiger partial charge in [-0.15, -0.1) is 0 Å². The number of amides is 1. The fourth-order valence-electron chi connectivity index (χ4n) is 2.54. The third kappa shape index (κ3) is 1.85. The van der Waals surface area contributed by atoms with E-state index in [1.807, 2.05) is 31.2 Å². The van der Waals surface area contributed by atoms with Crippen molar-refractivity contribution >= 4 is 11.6 Å². The van der Waals surface area contributed by atoms with E-state index >= 15 is 0 Å². The molecule has 0 radical (unpaired) electrons. The highest BCUT2D eigenvalue weighted by Crippen LogP contribution is 2.32. The summed E-state index contributed by atoms with van der Waals surface area (Å²) in [6.07, 6.45) is 2.10. The largest absolute Gasteiger partial charge is 0.467 e. The van der Waals surface area contributed by atoms with Gasteiger partial charge < -0.3 is 15.1 Å². The Bertz CT molecular complexity index is 645. The summed E-state index contributed by atoms with van der Waals surface area (Å²) in [5.74, 6) is 0.896. The minimum atomic E-state index is -0.290. The number of likely N-dealkylation sites (N-methyl/N-ethyl adjacent to an activating group) is 1. The highest BCUT2D eigenvalue weighted by molar-refractivity contribution is 6.00. The van der Waals surface area contributed by atoms with Gasteiger partial charge in [0.25, 0.3) is 0 Å². The Balaban J connectivity index is 1.98. The molecule has 2 aromatic rings. The third-order valence-corrected chi connectivity index (χ3v) is 3.72. The minimum Gasteiger partial charge on any atom is -0.467 e. The number of nitrogens with two attached hydrogens (primary N) is 1. The molecule has 4 nitrogen and oxygen atoms in total. The molecule has 19 heavy (non-hydrogen) atoms. The van der Waals surface area contributed by atoms with Crippen molar-refractivity contribution in [2.75, 3.05) is 11.9 Å². The summed E-state index contributed by atoms with van der Waals surface area (Å²) >= 11 is 0. The van der Waals surface area contributed by atoms with Gasteiger partial charge in [0.1, 0.15) is 5.76 Å². The molecule has 4 heteroatoms. The van der Waals surface area contributed by atoms with Gasteiger partial charge in [-0.3, -0.25) is 4.79 Å². The summed E-state index contributed by atoms with van der Waals surface area (Å²) in [5, 5.41) is 0. The van der Waals surface area contributed by atoms with Crippen LogP contribution in [0.25, 0.3) is 0 Å². The molecule has 2 heterocycles. The number of anilines is 1. The van der Waals surface area contributed by atoms with Gasteiger partial charge in [-0.1, -0.05) is 12.1 Å². The molecule has 1 aliphatic rings. The van der Waals surface area contributed by atoms with E-state index in [1.54, 1.807) is 18.2 Å². The van der Waals surface area contributed by atoms with Gasteiger partial charge in [-0.2, -0.15) is 0 Å². The fourth-order valence-corrected chi connectivity index (χ4v) is 2.54. The molecule has 1 amide bonds. The molecule has 1 aliphatic heterocycles. The Labute approximate surface area is 111 Å². The quantitative estimate of drug-likeness (QED) is 0.895. The van der Waals surface area contributed by atoms with E-state index in [0.29, 0.717) is 6.42 Å². The molecule has 0 spiro atoms. The zero-order valence-electron chi connectivity index (χ0n) is 11.0. The summed E-state index contributed by atoms with van der Waals surface area (Å²) in [5.41, 5.74) is 10.2. The summed E-state index contributed by atoms with van der Waals surface area (Å²) in [6.45, 7) is 1.98. The Hall–Kier alpha value is -2.07. The fraction of sp³-hybridized carbons (Fsp3) is 0.267. The van der Waals surface area contributed by atoms with Crippen molar-refractivity contribution in [1.82, 2.24) is 0 Å². The number of furan rings is 1. The number of benzene rings is 1. The maximum Gasteiger partial charge on any atom is 0.231 e. The first-order valence-corrected chi connectivity index (χ1v) is 6.27. The number of fused-ring (bicyclic) bond motifs is 1. The minimum absolute atomic E-state index is 0.120. The molecule has 0 bridgehead atoms. The van der Waals surface area contributed by atoms with Crippen LogP contribution in [0, 0.1) is 6.92 Å². The van der Waals surface area contributed by atoms with Crippen molar-refractivity contribution in [3.63, 3.8) is 0 Å². The van der Waals surface area contributed by atoms with Gasteiger partial charge in [0.15, 0.2) is 0 Å². The average molecular weight is 256 g/mol.